The van der Waals surface area contributed by atoms with Crippen LogP contribution in [0.2, 0.25) is 0 Å². The smallest absolute Gasteiger partial charge is 0.238 e. The quantitative estimate of drug-likeness (QED) is 0.490. The summed E-state index contributed by atoms with van der Waals surface area (Å²) in [5.74, 6) is 2.56. The summed E-state index contributed by atoms with van der Waals surface area (Å²) in [5.41, 5.74) is 2.81. The van der Waals surface area contributed by atoms with Gasteiger partial charge in [0.05, 0.1) is 22.5 Å². The standard InChI is InChI=1S/C25H32N4O4S/c1-2-3-12-29-22-10-9-20(34(26,30)31)14-21(22)27-25(29)16-28(19-6-4-5-7-19)15-18-8-11-23-24(13-18)33-17-32-23/h8-11,13-14,19H,2-7,12,15-17H2,1H3,(H2,26,30,31). The van der Waals surface area contributed by atoms with Crippen LogP contribution in [0.4, 0.5) is 0 Å². The molecule has 3 aromatic rings. The number of rotatable bonds is 9. The summed E-state index contributed by atoms with van der Waals surface area (Å²) in [5, 5.41) is 5.37. The molecule has 1 fully saturated rings. The zero-order valence-corrected chi connectivity index (χ0v) is 20.4. The molecule has 2 N–H and O–H groups in total. The van der Waals surface area contributed by atoms with Gasteiger partial charge in [0.15, 0.2) is 11.5 Å². The first-order valence-corrected chi connectivity index (χ1v) is 13.6. The Hall–Kier alpha value is -2.62. The molecule has 0 spiro atoms. The van der Waals surface area contributed by atoms with Crippen LogP contribution in [0, 0.1) is 0 Å². The molecule has 34 heavy (non-hydrogen) atoms. The molecule has 0 saturated heterocycles. The van der Waals surface area contributed by atoms with Gasteiger partial charge in [-0.05, 0) is 55.2 Å². The van der Waals surface area contributed by atoms with E-state index in [2.05, 4.69) is 28.5 Å². The first kappa shape index (κ1) is 23.1. The third-order valence-corrected chi connectivity index (χ3v) is 7.78. The SMILES string of the molecule is CCCCn1c(CN(Cc2ccc3c(c2)OCO3)C2CCCC2)nc2cc(S(N)(=O)=O)ccc21. The van der Waals surface area contributed by atoms with Crippen molar-refractivity contribution in [1.82, 2.24) is 14.5 Å². The molecule has 1 saturated carbocycles. The summed E-state index contributed by atoms with van der Waals surface area (Å²) in [4.78, 5) is 7.51. The number of primary sulfonamides is 1. The number of hydrogen-bond acceptors (Lipinski definition) is 6. The summed E-state index contributed by atoms with van der Waals surface area (Å²) in [6.07, 6.45) is 6.93. The van der Waals surface area contributed by atoms with Crippen LogP contribution in [-0.4, -0.2) is 35.7 Å². The molecule has 2 aromatic carbocycles. The summed E-state index contributed by atoms with van der Waals surface area (Å²) in [7, 11) is -3.78. The highest BCUT2D eigenvalue weighted by molar-refractivity contribution is 7.89. The summed E-state index contributed by atoms with van der Waals surface area (Å²) in [6, 6.07) is 11.6. The first-order valence-electron chi connectivity index (χ1n) is 12.1. The third kappa shape index (κ3) is 4.78. The Kier molecular flexibility index (Phi) is 6.50. The number of aryl methyl sites for hydroxylation is 1. The Labute approximate surface area is 200 Å². The van der Waals surface area contributed by atoms with Gasteiger partial charge in [0.1, 0.15) is 5.82 Å². The van der Waals surface area contributed by atoms with Crippen LogP contribution in [0.25, 0.3) is 11.0 Å². The minimum absolute atomic E-state index is 0.0969. The van der Waals surface area contributed by atoms with Gasteiger partial charge in [-0.25, -0.2) is 18.5 Å². The van der Waals surface area contributed by atoms with Crippen LogP contribution >= 0.6 is 0 Å². The van der Waals surface area contributed by atoms with E-state index in [1.165, 1.54) is 31.2 Å². The molecule has 0 bridgehead atoms. The highest BCUT2D eigenvalue weighted by Gasteiger charge is 2.26. The van der Waals surface area contributed by atoms with E-state index >= 15 is 0 Å². The number of imidazole rings is 1. The number of benzene rings is 2. The van der Waals surface area contributed by atoms with Gasteiger partial charge >= 0.3 is 0 Å². The average Bonchev–Trinajstić information content (AvgIpc) is 3.55. The number of hydrogen-bond donors (Lipinski definition) is 1. The van der Waals surface area contributed by atoms with Crippen LogP contribution in [0.5, 0.6) is 11.5 Å². The second-order valence-electron chi connectivity index (χ2n) is 9.26. The topological polar surface area (TPSA) is 99.7 Å². The maximum absolute atomic E-state index is 11.9. The molecule has 182 valence electrons. The Morgan fingerprint density at radius 1 is 1.09 bits per heavy atom. The highest BCUT2D eigenvalue weighted by atomic mass is 32.2. The molecule has 0 atom stereocenters. The predicted molar refractivity (Wildman–Crippen MR) is 130 cm³/mol. The molecular formula is C25H32N4O4S. The fourth-order valence-corrected chi connectivity index (χ4v) is 5.60. The Morgan fingerprint density at radius 2 is 1.88 bits per heavy atom. The van der Waals surface area contributed by atoms with E-state index in [0.29, 0.717) is 18.1 Å². The maximum atomic E-state index is 11.9. The number of nitrogens with zero attached hydrogens (tertiary/aromatic N) is 3. The molecule has 5 rings (SSSR count). The lowest BCUT2D eigenvalue weighted by atomic mass is 10.1. The van der Waals surface area contributed by atoms with E-state index in [4.69, 9.17) is 19.6 Å². The van der Waals surface area contributed by atoms with Gasteiger partial charge in [0, 0.05) is 19.1 Å². The van der Waals surface area contributed by atoms with Crippen molar-refractivity contribution in [2.24, 2.45) is 5.14 Å². The van der Waals surface area contributed by atoms with Gasteiger partial charge in [0.2, 0.25) is 16.8 Å². The molecule has 0 radical (unpaired) electrons. The monoisotopic (exact) mass is 484 g/mol. The molecule has 9 heteroatoms. The number of ether oxygens (including phenoxy) is 2. The second-order valence-corrected chi connectivity index (χ2v) is 10.8. The van der Waals surface area contributed by atoms with Crippen LogP contribution in [0.1, 0.15) is 56.8 Å². The van der Waals surface area contributed by atoms with E-state index in [0.717, 1.165) is 48.8 Å². The van der Waals surface area contributed by atoms with Crippen molar-refractivity contribution in [3.05, 3.63) is 47.8 Å². The molecule has 0 unspecified atom stereocenters. The van der Waals surface area contributed by atoms with E-state index in [9.17, 15) is 8.42 Å². The number of fused-ring (bicyclic) bond motifs is 2. The van der Waals surface area contributed by atoms with Gasteiger partial charge in [-0.1, -0.05) is 32.3 Å². The average molecular weight is 485 g/mol. The van der Waals surface area contributed by atoms with Crippen molar-refractivity contribution in [2.45, 2.75) is 76.0 Å². The first-order chi connectivity index (χ1) is 16.4. The van der Waals surface area contributed by atoms with Crippen LogP contribution < -0.4 is 14.6 Å². The number of unbranched alkanes of at least 4 members (excludes halogenated alkanes) is 1. The Morgan fingerprint density at radius 3 is 2.65 bits per heavy atom. The molecule has 8 nitrogen and oxygen atoms in total. The van der Waals surface area contributed by atoms with Crippen molar-refractivity contribution in [2.75, 3.05) is 6.79 Å². The third-order valence-electron chi connectivity index (χ3n) is 6.87. The van der Waals surface area contributed by atoms with Crippen LogP contribution in [-0.2, 0) is 29.7 Å². The van der Waals surface area contributed by atoms with Gasteiger partial charge < -0.3 is 14.0 Å². The predicted octanol–water partition coefficient (Wildman–Crippen LogP) is 4.16. The lowest BCUT2D eigenvalue weighted by Gasteiger charge is -2.29. The molecule has 0 amide bonds. The number of nitrogens with two attached hydrogens (primary N) is 1. The molecule has 1 aliphatic carbocycles. The van der Waals surface area contributed by atoms with Crippen molar-refractivity contribution < 1.29 is 17.9 Å². The van der Waals surface area contributed by atoms with E-state index in [-0.39, 0.29) is 11.7 Å². The van der Waals surface area contributed by atoms with Crippen LogP contribution in [0.15, 0.2) is 41.3 Å². The highest BCUT2D eigenvalue weighted by Crippen LogP contribution is 2.34. The number of aromatic nitrogens is 2. The van der Waals surface area contributed by atoms with Gasteiger partial charge in [-0.2, -0.15) is 0 Å². The molecule has 1 aliphatic heterocycles. The van der Waals surface area contributed by atoms with Gasteiger partial charge in [-0.3, -0.25) is 4.90 Å². The Balaban J connectivity index is 1.48. The molecule has 2 heterocycles. The Bertz CT molecular complexity index is 1280. The van der Waals surface area contributed by atoms with Crippen molar-refractivity contribution in [1.29, 1.82) is 0 Å². The molecule has 1 aromatic heterocycles. The normalized spacial score (nSPS) is 16.2. The van der Waals surface area contributed by atoms with Crippen LogP contribution in [0.3, 0.4) is 0 Å². The van der Waals surface area contributed by atoms with Crippen molar-refractivity contribution in [3.8, 4) is 11.5 Å². The maximum Gasteiger partial charge on any atom is 0.238 e. The molecular weight excluding hydrogens is 452 g/mol. The minimum Gasteiger partial charge on any atom is -0.454 e. The largest absolute Gasteiger partial charge is 0.454 e. The lowest BCUT2D eigenvalue weighted by molar-refractivity contribution is 0.171. The summed E-state index contributed by atoms with van der Waals surface area (Å²) < 4.78 is 37.1. The lowest BCUT2D eigenvalue weighted by Crippen LogP contribution is -2.33. The van der Waals surface area contributed by atoms with Crippen molar-refractivity contribution >= 4 is 21.1 Å². The summed E-state index contributed by atoms with van der Waals surface area (Å²) >= 11 is 0. The molecule has 2 aliphatic rings. The fourth-order valence-electron chi connectivity index (χ4n) is 5.06. The second kappa shape index (κ2) is 9.56. The summed E-state index contributed by atoms with van der Waals surface area (Å²) in [6.45, 7) is 4.78. The van der Waals surface area contributed by atoms with Gasteiger partial charge in [0.25, 0.3) is 0 Å². The minimum atomic E-state index is -3.78. The van der Waals surface area contributed by atoms with Crippen molar-refractivity contribution in [3.63, 3.8) is 0 Å². The zero-order valence-electron chi connectivity index (χ0n) is 19.6. The van der Waals surface area contributed by atoms with E-state index in [1.54, 1.807) is 12.1 Å². The fraction of sp³-hybridized carbons (Fsp3) is 0.480. The van der Waals surface area contributed by atoms with Gasteiger partial charge in [-0.15, -0.1) is 0 Å². The number of sulfonamides is 1. The zero-order chi connectivity index (χ0) is 23.7. The van der Waals surface area contributed by atoms with E-state index in [1.807, 2.05) is 12.1 Å². The van der Waals surface area contributed by atoms with E-state index < -0.39 is 10.0 Å².